The lowest BCUT2D eigenvalue weighted by Gasteiger charge is -2.00. The molecule has 0 aliphatic carbocycles. The molecule has 0 spiro atoms. The summed E-state index contributed by atoms with van der Waals surface area (Å²) >= 11 is 0. The van der Waals surface area contributed by atoms with Gasteiger partial charge in [0.15, 0.2) is 5.78 Å². The number of aliphatic hydroxyl groups excluding tert-OH is 1. The molecule has 0 aromatic heterocycles. The topological polar surface area (TPSA) is 54.4 Å². The molecule has 0 bridgehead atoms. The van der Waals surface area contributed by atoms with Gasteiger partial charge in [0.25, 0.3) is 0 Å². The van der Waals surface area contributed by atoms with Crippen molar-refractivity contribution in [3.63, 3.8) is 0 Å². The third-order valence-electron chi connectivity index (χ3n) is 1.78. The minimum Gasteiger partial charge on any atom is -0.395 e. The van der Waals surface area contributed by atoms with E-state index in [1.807, 2.05) is 0 Å². The Morgan fingerprint density at radius 1 is 1.33 bits per heavy atom. The quantitative estimate of drug-likeness (QED) is 0.759. The molecule has 0 aliphatic rings. The van der Waals surface area contributed by atoms with E-state index in [9.17, 15) is 13.4 Å². The maximum absolute atomic E-state index is 12.5. The van der Waals surface area contributed by atoms with Crippen LogP contribution in [0, 0.1) is 5.82 Å². The van der Waals surface area contributed by atoms with Crippen molar-refractivity contribution >= 4 is 16.6 Å². The van der Waals surface area contributed by atoms with Crippen LogP contribution in [0.25, 0.3) is 0 Å². The van der Waals surface area contributed by atoms with Crippen LogP contribution >= 0.6 is 0 Å². The Hall–Kier alpha value is -1.07. The molecule has 0 fully saturated rings. The van der Waals surface area contributed by atoms with Gasteiger partial charge >= 0.3 is 0 Å². The van der Waals surface area contributed by atoms with E-state index in [2.05, 4.69) is 0 Å². The zero-order valence-corrected chi connectivity index (χ0v) is 8.80. The highest BCUT2D eigenvalue weighted by molar-refractivity contribution is 7.85. The number of ketones is 1. The van der Waals surface area contributed by atoms with Crippen LogP contribution in [0.3, 0.4) is 0 Å². The maximum Gasteiger partial charge on any atom is 0.175 e. The first-order chi connectivity index (χ1) is 7.13. The van der Waals surface area contributed by atoms with Crippen LogP contribution in [0.15, 0.2) is 24.3 Å². The summed E-state index contributed by atoms with van der Waals surface area (Å²) in [6.07, 6.45) is 0. The molecule has 1 N–H and O–H groups in total. The van der Waals surface area contributed by atoms with E-state index in [1.54, 1.807) is 0 Å². The fraction of sp³-hybridized carbons (Fsp3) is 0.300. The van der Waals surface area contributed by atoms with Crippen molar-refractivity contribution in [1.82, 2.24) is 0 Å². The number of hydrogen-bond donors (Lipinski definition) is 1. The van der Waals surface area contributed by atoms with Gasteiger partial charge in [-0.05, 0) is 24.3 Å². The summed E-state index contributed by atoms with van der Waals surface area (Å²) in [5.74, 6) is -0.760. The Morgan fingerprint density at radius 3 is 2.47 bits per heavy atom. The van der Waals surface area contributed by atoms with Crippen LogP contribution in [0.4, 0.5) is 4.39 Å². The molecular weight excluding hydrogens is 219 g/mol. The summed E-state index contributed by atoms with van der Waals surface area (Å²) in [5, 5.41) is 8.50. The smallest absolute Gasteiger partial charge is 0.175 e. The normalized spacial score (nSPS) is 12.4. The minimum absolute atomic E-state index is 0.0902. The molecule has 0 aliphatic heterocycles. The van der Waals surface area contributed by atoms with E-state index in [4.69, 9.17) is 5.11 Å². The summed E-state index contributed by atoms with van der Waals surface area (Å²) in [4.78, 5) is 11.4. The van der Waals surface area contributed by atoms with Crippen LogP contribution in [0.1, 0.15) is 10.4 Å². The first kappa shape index (κ1) is 12.0. The molecule has 1 aromatic carbocycles. The van der Waals surface area contributed by atoms with Crippen LogP contribution in [-0.4, -0.2) is 33.2 Å². The molecule has 0 saturated carbocycles. The Balaban J connectivity index is 2.61. The maximum atomic E-state index is 12.5. The van der Waals surface area contributed by atoms with Gasteiger partial charge in [-0.1, -0.05) is 0 Å². The minimum atomic E-state index is -1.35. The molecule has 0 heterocycles. The molecule has 1 atom stereocenters. The molecular formula is C10H11FO3S. The summed E-state index contributed by atoms with van der Waals surface area (Å²) in [6, 6.07) is 5.08. The third-order valence-corrected chi connectivity index (χ3v) is 3.00. The van der Waals surface area contributed by atoms with E-state index in [0.29, 0.717) is 5.56 Å². The molecule has 15 heavy (non-hydrogen) atoms. The Morgan fingerprint density at radius 2 is 1.93 bits per heavy atom. The van der Waals surface area contributed by atoms with Gasteiger partial charge in [-0.2, -0.15) is 0 Å². The number of carbonyl (C=O) groups excluding carboxylic acids is 1. The van der Waals surface area contributed by atoms with E-state index >= 15 is 0 Å². The van der Waals surface area contributed by atoms with Gasteiger partial charge in [-0.25, -0.2) is 4.39 Å². The largest absolute Gasteiger partial charge is 0.395 e. The number of benzene rings is 1. The van der Waals surface area contributed by atoms with Gasteiger partial charge in [0.2, 0.25) is 0 Å². The zero-order chi connectivity index (χ0) is 11.3. The molecule has 0 saturated heterocycles. The van der Waals surface area contributed by atoms with Gasteiger partial charge in [0, 0.05) is 22.1 Å². The second-order valence-corrected chi connectivity index (χ2v) is 4.52. The zero-order valence-electron chi connectivity index (χ0n) is 7.98. The number of aliphatic hydroxyl groups is 1. The highest BCUT2D eigenvalue weighted by Gasteiger charge is 2.09. The number of hydrogen-bond acceptors (Lipinski definition) is 3. The van der Waals surface area contributed by atoms with Crippen LogP contribution in [0.5, 0.6) is 0 Å². The van der Waals surface area contributed by atoms with E-state index in [-0.39, 0.29) is 23.9 Å². The monoisotopic (exact) mass is 230 g/mol. The second kappa shape index (κ2) is 5.72. The van der Waals surface area contributed by atoms with Crippen molar-refractivity contribution in [2.75, 3.05) is 18.1 Å². The summed E-state index contributed by atoms with van der Waals surface area (Å²) in [5.41, 5.74) is 0.336. The average molecular weight is 230 g/mol. The van der Waals surface area contributed by atoms with E-state index in [1.165, 1.54) is 24.3 Å². The van der Waals surface area contributed by atoms with Crippen molar-refractivity contribution < 1.29 is 18.5 Å². The highest BCUT2D eigenvalue weighted by Crippen LogP contribution is 2.04. The van der Waals surface area contributed by atoms with E-state index < -0.39 is 16.6 Å². The molecule has 0 amide bonds. The van der Waals surface area contributed by atoms with Crippen LogP contribution < -0.4 is 0 Å². The fourth-order valence-corrected chi connectivity index (χ4v) is 1.85. The Labute approximate surface area is 89.4 Å². The number of rotatable bonds is 5. The molecule has 5 heteroatoms. The molecule has 0 radical (unpaired) electrons. The Kier molecular flexibility index (Phi) is 4.58. The lowest BCUT2D eigenvalue weighted by atomic mass is 10.1. The van der Waals surface area contributed by atoms with Gasteiger partial charge in [0.1, 0.15) is 5.82 Å². The lowest BCUT2D eigenvalue weighted by molar-refractivity contribution is 0.102. The predicted molar refractivity (Wildman–Crippen MR) is 55.7 cm³/mol. The number of carbonyl (C=O) groups is 1. The average Bonchev–Trinajstić information content (AvgIpc) is 2.18. The van der Waals surface area contributed by atoms with Gasteiger partial charge in [-0.15, -0.1) is 0 Å². The van der Waals surface area contributed by atoms with Crippen molar-refractivity contribution in [2.24, 2.45) is 0 Å². The van der Waals surface area contributed by atoms with Crippen molar-refractivity contribution in [3.05, 3.63) is 35.6 Å². The van der Waals surface area contributed by atoms with E-state index in [0.717, 1.165) is 0 Å². The predicted octanol–water partition coefficient (Wildman–Crippen LogP) is 0.749. The van der Waals surface area contributed by atoms with Gasteiger partial charge in [-0.3, -0.25) is 9.00 Å². The van der Waals surface area contributed by atoms with Crippen molar-refractivity contribution in [2.45, 2.75) is 0 Å². The number of Topliss-reactive ketones (excluding diaryl/α,β-unsaturated/α-hetero) is 1. The summed E-state index contributed by atoms with van der Waals surface area (Å²) in [7, 11) is -1.35. The Bertz CT molecular complexity index is 361. The summed E-state index contributed by atoms with van der Waals surface area (Å²) in [6.45, 7) is -0.205. The van der Waals surface area contributed by atoms with Crippen molar-refractivity contribution in [3.8, 4) is 0 Å². The molecule has 1 aromatic rings. The highest BCUT2D eigenvalue weighted by atomic mass is 32.2. The summed E-state index contributed by atoms with van der Waals surface area (Å²) < 4.78 is 23.7. The third kappa shape index (κ3) is 3.89. The molecule has 1 rings (SSSR count). The lowest BCUT2D eigenvalue weighted by Crippen LogP contribution is -2.14. The van der Waals surface area contributed by atoms with Crippen LogP contribution in [-0.2, 0) is 10.8 Å². The SMILES string of the molecule is O=C(CS(=O)CCO)c1ccc(F)cc1. The molecule has 3 nitrogen and oxygen atoms in total. The fourth-order valence-electron chi connectivity index (χ4n) is 1.04. The standard InChI is InChI=1S/C10H11FO3S/c11-9-3-1-8(2-4-9)10(13)7-15(14)6-5-12/h1-4,12H,5-7H2. The van der Waals surface area contributed by atoms with Gasteiger partial charge in [0.05, 0.1) is 12.4 Å². The first-order valence-corrected chi connectivity index (χ1v) is 5.87. The molecule has 82 valence electrons. The molecule has 1 unspecified atom stereocenters. The second-order valence-electron chi connectivity index (χ2n) is 2.94. The van der Waals surface area contributed by atoms with Crippen molar-refractivity contribution in [1.29, 1.82) is 0 Å². The van der Waals surface area contributed by atoms with Crippen LogP contribution in [0.2, 0.25) is 0 Å². The first-order valence-electron chi connectivity index (χ1n) is 4.38. The number of halogens is 1. The van der Waals surface area contributed by atoms with Gasteiger partial charge < -0.3 is 5.11 Å².